The fraction of sp³-hybridized carbons (Fsp3) is 0.250. The smallest absolute Gasteiger partial charge is 0.158 e. The van der Waals surface area contributed by atoms with Crippen LogP contribution in [0.1, 0.15) is 18.4 Å². The first-order valence-corrected chi connectivity index (χ1v) is 8.79. The zero-order valence-corrected chi connectivity index (χ0v) is 15.3. The van der Waals surface area contributed by atoms with Gasteiger partial charge in [0, 0.05) is 43.7 Å². The summed E-state index contributed by atoms with van der Waals surface area (Å²) in [4.78, 5) is 11.5. The Bertz CT molecular complexity index is 1030. The molecule has 0 spiro atoms. The molecular formula is C20H22N6. The molecule has 3 aromatic heterocycles. The van der Waals surface area contributed by atoms with Gasteiger partial charge in [-0.3, -0.25) is 0 Å². The molecule has 0 fully saturated rings. The van der Waals surface area contributed by atoms with E-state index in [1.54, 1.807) is 0 Å². The topological polar surface area (TPSA) is 51.2 Å². The molecule has 0 saturated heterocycles. The summed E-state index contributed by atoms with van der Waals surface area (Å²) in [5, 5.41) is 4.63. The highest BCUT2D eigenvalue weighted by Crippen LogP contribution is 2.25. The molecule has 1 aromatic carbocycles. The van der Waals surface area contributed by atoms with E-state index in [0.29, 0.717) is 6.54 Å². The van der Waals surface area contributed by atoms with Crippen molar-refractivity contribution in [2.24, 2.45) is 0 Å². The molecule has 4 aromatic rings. The van der Waals surface area contributed by atoms with Crippen LogP contribution in [0.25, 0.3) is 16.9 Å². The number of hydrogen-bond donors (Lipinski definition) is 0. The first kappa shape index (κ1) is 16.3. The summed E-state index contributed by atoms with van der Waals surface area (Å²) in [7, 11) is 2.06. The molecule has 0 unspecified atom stereocenters. The van der Waals surface area contributed by atoms with Gasteiger partial charge in [0.05, 0.1) is 17.9 Å². The minimum atomic E-state index is 0.701. The van der Waals surface area contributed by atoms with Crippen molar-refractivity contribution in [3.63, 3.8) is 0 Å². The quantitative estimate of drug-likeness (QED) is 0.554. The highest BCUT2D eigenvalue weighted by atomic mass is 15.3. The third-order valence-electron chi connectivity index (χ3n) is 4.51. The Labute approximate surface area is 152 Å². The predicted molar refractivity (Wildman–Crippen MR) is 103 cm³/mol. The first-order valence-electron chi connectivity index (χ1n) is 8.79. The largest absolute Gasteiger partial charge is 0.352 e. The van der Waals surface area contributed by atoms with Crippen LogP contribution in [-0.2, 0) is 13.1 Å². The zero-order chi connectivity index (χ0) is 18.1. The zero-order valence-electron chi connectivity index (χ0n) is 15.3. The third kappa shape index (κ3) is 2.94. The van der Waals surface area contributed by atoms with Crippen LogP contribution in [0.3, 0.4) is 0 Å². The fourth-order valence-electron chi connectivity index (χ4n) is 3.17. The summed E-state index contributed by atoms with van der Waals surface area (Å²) in [5.41, 5.74) is 3.84. The Morgan fingerprint density at radius 1 is 1.12 bits per heavy atom. The molecule has 0 bridgehead atoms. The first-order chi connectivity index (χ1) is 12.7. The SMILES string of the molecule is CCn1ccnc1CN(C)c1cc(-c2ccccc2)nc2cc(C)nn12. The molecule has 0 saturated carbocycles. The monoisotopic (exact) mass is 346 g/mol. The normalized spacial score (nSPS) is 11.2. The van der Waals surface area contributed by atoms with Crippen LogP contribution in [-0.4, -0.2) is 31.2 Å². The maximum Gasteiger partial charge on any atom is 0.158 e. The molecule has 0 amide bonds. The van der Waals surface area contributed by atoms with Gasteiger partial charge in [0.2, 0.25) is 0 Å². The van der Waals surface area contributed by atoms with Crippen molar-refractivity contribution in [2.45, 2.75) is 26.9 Å². The number of imidazole rings is 1. The van der Waals surface area contributed by atoms with E-state index < -0.39 is 0 Å². The van der Waals surface area contributed by atoms with Gasteiger partial charge in [0.15, 0.2) is 5.65 Å². The molecular weight excluding hydrogens is 324 g/mol. The van der Waals surface area contributed by atoms with Crippen LogP contribution in [0.5, 0.6) is 0 Å². The van der Waals surface area contributed by atoms with Crippen LogP contribution < -0.4 is 4.90 Å². The lowest BCUT2D eigenvalue weighted by molar-refractivity contribution is 0.678. The highest BCUT2D eigenvalue weighted by Gasteiger charge is 2.14. The van der Waals surface area contributed by atoms with Gasteiger partial charge in [-0.25, -0.2) is 9.97 Å². The Hall–Kier alpha value is -3.15. The van der Waals surface area contributed by atoms with Crippen molar-refractivity contribution in [1.29, 1.82) is 0 Å². The average molecular weight is 346 g/mol. The fourth-order valence-corrected chi connectivity index (χ4v) is 3.17. The van der Waals surface area contributed by atoms with Crippen molar-refractivity contribution in [1.82, 2.24) is 24.1 Å². The number of hydrogen-bond acceptors (Lipinski definition) is 4. The Morgan fingerprint density at radius 2 is 1.92 bits per heavy atom. The minimum absolute atomic E-state index is 0.701. The molecule has 6 heteroatoms. The van der Waals surface area contributed by atoms with Crippen molar-refractivity contribution < 1.29 is 0 Å². The highest BCUT2D eigenvalue weighted by molar-refractivity contribution is 5.67. The summed E-state index contributed by atoms with van der Waals surface area (Å²) >= 11 is 0. The second-order valence-corrected chi connectivity index (χ2v) is 6.41. The van der Waals surface area contributed by atoms with Gasteiger partial charge in [-0.15, -0.1) is 0 Å². The molecule has 3 heterocycles. The van der Waals surface area contributed by atoms with Crippen LogP contribution in [0.4, 0.5) is 5.82 Å². The van der Waals surface area contributed by atoms with E-state index in [9.17, 15) is 0 Å². The van der Waals surface area contributed by atoms with E-state index in [0.717, 1.165) is 40.8 Å². The summed E-state index contributed by atoms with van der Waals surface area (Å²) in [6, 6.07) is 14.3. The molecule has 0 aliphatic rings. The summed E-state index contributed by atoms with van der Waals surface area (Å²) < 4.78 is 4.06. The molecule has 0 aliphatic carbocycles. The number of aromatic nitrogens is 5. The predicted octanol–water partition coefficient (Wildman–Crippen LogP) is 3.56. The minimum Gasteiger partial charge on any atom is -0.352 e. The Morgan fingerprint density at radius 3 is 2.69 bits per heavy atom. The van der Waals surface area contributed by atoms with E-state index in [4.69, 9.17) is 4.98 Å². The van der Waals surface area contributed by atoms with Crippen molar-refractivity contribution >= 4 is 11.5 Å². The number of rotatable bonds is 5. The van der Waals surface area contributed by atoms with Crippen LogP contribution >= 0.6 is 0 Å². The molecule has 6 nitrogen and oxygen atoms in total. The number of nitrogens with zero attached hydrogens (tertiary/aromatic N) is 6. The lowest BCUT2D eigenvalue weighted by Crippen LogP contribution is -2.22. The van der Waals surface area contributed by atoms with Crippen molar-refractivity contribution in [3.8, 4) is 11.3 Å². The maximum atomic E-state index is 4.79. The van der Waals surface area contributed by atoms with Crippen molar-refractivity contribution in [2.75, 3.05) is 11.9 Å². The number of benzene rings is 1. The number of fused-ring (bicyclic) bond motifs is 1. The molecule has 4 rings (SSSR count). The second kappa shape index (κ2) is 6.63. The van der Waals surface area contributed by atoms with E-state index in [-0.39, 0.29) is 0 Å². The van der Waals surface area contributed by atoms with Gasteiger partial charge in [-0.05, 0) is 13.8 Å². The van der Waals surface area contributed by atoms with Crippen LogP contribution in [0.2, 0.25) is 0 Å². The molecule has 0 radical (unpaired) electrons. The summed E-state index contributed by atoms with van der Waals surface area (Å²) in [5.74, 6) is 2.03. The van der Waals surface area contributed by atoms with Gasteiger partial charge in [-0.2, -0.15) is 9.61 Å². The van der Waals surface area contributed by atoms with Gasteiger partial charge >= 0.3 is 0 Å². The van der Waals surface area contributed by atoms with Gasteiger partial charge < -0.3 is 9.47 Å². The number of anilines is 1. The molecule has 0 aliphatic heterocycles. The lowest BCUT2D eigenvalue weighted by Gasteiger charge is -2.21. The molecule has 0 N–H and O–H groups in total. The Balaban J connectivity index is 1.79. The Kier molecular flexibility index (Phi) is 4.16. The molecule has 26 heavy (non-hydrogen) atoms. The summed E-state index contributed by atoms with van der Waals surface area (Å²) in [6.45, 7) is 5.72. The lowest BCUT2D eigenvalue weighted by atomic mass is 10.1. The van der Waals surface area contributed by atoms with Crippen molar-refractivity contribution in [3.05, 3.63) is 66.4 Å². The second-order valence-electron chi connectivity index (χ2n) is 6.41. The van der Waals surface area contributed by atoms with E-state index in [2.05, 4.69) is 51.7 Å². The van der Waals surface area contributed by atoms with Gasteiger partial charge in [-0.1, -0.05) is 30.3 Å². The average Bonchev–Trinajstić information content (AvgIpc) is 3.26. The van der Waals surface area contributed by atoms with Crippen LogP contribution in [0.15, 0.2) is 54.9 Å². The van der Waals surface area contributed by atoms with Gasteiger partial charge in [0.1, 0.15) is 11.6 Å². The van der Waals surface area contributed by atoms with E-state index in [1.165, 1.54) is 0 Å². The summed E-state index contributed by atoms with van der Waals surface area (Å²) in [6.07, 6.45) is 3.86. The molecule has 0 atom stereocenters. The number of aryl methyl sites for hydroxylation is 2. The molecule has 132 valence electrons. The maximum absolute atomic E-state index is 4.79. The third-order valence-corrected chi connectivity index (χ3v) is 4.51. The van der Waals surface area contributed by atoms with Gasteiger partial charge in [0.25, 0.3) is 0 Å². The van der Waals surface area contributed by atoms with Crippen LogP contribution in [0, 0.1) is 6.92 Å². The van der Waals surface area contributed by atoms with E-state index in [1.807, 2.05) is 48.1 Å². The van der Waals surface area contributed by atoms with E-state index >= 15 is 0 Å². The standard InChI is InChI=1S/C20H22N6/c1-4-25-11-10-21-19(25)14-24(3)20-13-17(16-8-6-5-7-9-16)22-18-12-15(2)23-26(18)20/h5-13H,4,14H2,1-3H3.